The Morgan fingerprint density at radius 1 is 1.20 bits per heavy atom. The van der Waals surface area contributed by atoms with Crippen molar-refractivity contribution in [3.05, 3.63) is 35.8 Å². The second-order valence-electron chi connectivity index (χ2n) is 9.12. The second-order valence-corrected chi connectivity index (χ2v) is 9.12. The third-order valence-corrected chi connectivity index (χ3v) is 7.06. The summed E-state index contributed by atoms with van der Waals surface area (Å²) in [5.41, 5.74) is 2.72. The van der Waals surface area contributed by atoms with Crippen LogP contribution in [-0.2, 0) is 18.4 Å². The molecule has 3 heterocycles. The van der Waals surface area contributed by atoms with Crippen LogP contribution in [-0.4, -0.2) is 54.2 Å². The summed E-state index contributed by atoms with van der Waals surface area (Å²) in [4.78, 5) is 24.5. The molecular weight excluding hydrogens is 452 g/mol. The number of pyridine rings is 1. The Bertz CT molecular complexity index is 1230. The molecule has 4 unspecified atom stereocenters. The van der Waals surface area contributed by atoms with Gasteiger partial charge >= 0.3 is 12.0 Å². The number of fused-ring (bicyclic) bond motifs is 1. The lowest BCUT2D eigenvalue weighted by Gasteiger charge is -2.18. The largest absolute Gasteiger partial charge is 0.489 e. The van der Waals surface area contributed by atoms with Crippen LogP contribution in [0.2, 0.25) is 0 Å². The van der Waals surface area contributed by atoms with Gasteiger partial charge in [0.25, 0.3) is 0 Å². The van der Waals surface area contributed by atoms with Crippen molar-refractivity contribution in [2.45, 2.75) is 45.3 Å². The van der Waals surface area contributed by atoms with E-state index in [9.17, 15) is 9.90 Å². The topological polar surface area (TPSA) is 134 Å². The van der Waals surface area contributed by atoms with Crippen molar-refractivity contribution in [2.24, 2.45) is 24.8 Å². The third-order valence-electron chi connectivity index (χ3n) is 7.06. The van der Waals surface area contributed by atoms with Gasteiger partial charge in [-0.05, 0) is 56.6 Å². The van der Waals surface area contributed by atoms with Gasteiger partial charge in [-0.15, -0.1) is 5.10 Å². The highest BCUT2D eigenvalue weighted by Crippen LogP contribution is 2.48. The molecule has 35 heavy (non-hydrogen) atoms. The first-order valence-electron chi connectivity index (χ1n) is 11.7. The number of carboxylic acids is 1. The van der Waals surface area contributed by atoms with E-state index in [4.69, 9.17) is 19.2 Å². The summed E-state index contributed by atoms with van der Waals surface area (Å²) in [6.45, 7) is 2.05. The molecule has 1 N–H and O–H groups in total. The van der Waals surface area contributed by atoms with E-state index in [1.54, 1.807) is 24.0 Å². The van der Waals surface area contributed by atoms with Crippen molar-refractivity contribution < 1.29 is 24.1 Å². The molecule has 11 nitrogen and oxygen atoms in total. The molecule has 5 rings (SSSR count). The standard InChI is InChI=1S/C24H28N6O5/c1-13-20(35-15-10-14-4-5-16(23(31)32)17(14)11-15)7-6-18(26-13)22-19(30(2)29-28-22)12-34-24-25-9-8-21(27-24)33-3/h6-9,14-17H,4-5,10-12H2,1-3H3,(H,31,32). The van der Waals surface area contributed by atoms with Gasteiger partial charge in [0.1, 0.15) is 23.7 Å². The van der Waals surface area contributed by atoms with Crippen LogP contribution in [0.4, 0.5) is 0 Å². The monoisotopic (exact) mass is 480 g/mol. The van der Waals surface area contributed by atoms with Crippen LogP contribution in [0.1, 0.15) is 37.1 Å². The fourth-order valence-electron chi connectivity index (χ4n) is 5.30. The molecule has 0 saturated heterocycles. The Labute approximate surface area is 202 Å². The number of aryl methyl sites for hydroxylation is 2. The van der Waals surface area contributed by atoms with E-state index in [0.29, 0.717) is 28.9 Å². The van der Waals surface area contributed by atoms with E-state index in [2.05, 4.69) is 20.3 Å². The van der Waals surface area contributed by atoms with Crippen molar-refractivity contribution in [1.82, 2.24) is 29.9 Å². The summed E-state index contributed by atoms with van der Waals surface area (Å²) in [5.74, 6) is 0.842. The van der Waals surface area contributed by atoms with Crippen molar-refractivity contribution in [3.8, 4) is 29.0 Å². The van der Waals surface area contributed by atoms with Gasteiger partial charge in [-0.25, -0.2) is 14.6 Å². The quantitative estimate of drug-likeness (QED) is 0.513. The number of nitrogens with zero attached hydrogens (tertiary/aromatic N) is 6. The van der Waals surface area contributed by atoms with Crippen LogP contribution in [0, 0.1) is 24.7 Å². The molecule has 0 bridgehead atoms. The number of rotatable bonds is 8. The van der Waals surface area contributed by atoms with Gasteiger partial charge in [-0.1, -0.05) is 5.21 Å². The first-order valence-corrected chi connectivity index (χ1v) is 11.7. The molecule has 0 radical (unpaired) electrons. The normalized spacial score (nSPS) is 23.2. The number of hydrogen-bond acceptors (Lipinski definition) is 9. The number of aliphatic carboxylic acids is 1. The van der Waals surface area contributed by atoms with Crippen LogP contribution >= 0.6 is 0 Å². The minimum absolute atomic E-state index is 0.0156. The number of hydrogen-bond donors (Lipinski definition) is 1. The molecule has 0 aliphatic heterocycles. The third kappa shape index (κ3) is 4.62. The summed E-state index contributed by atoms with van der Waals surface area (Å²) >= 11 is 0. The van der Waals surface area contributed by atoms with Crippen LogP contribution < -0.4 is 14.2 Å². The molecular formula is C24H28N6O5. The highest BCUT2D eigenvalue weighted by molar-refractivity contribution is 5.71. The van der Waals surface area contributed by atoms with Crippen molar-refractivity contribution in [1.29, 1.82) is 0 Å². The van der Waals surface area contributed by atoms with Crippen LogP contribution in [0.5, 0.6) is 17.6 Å². The lowest BCUT2D eigenvalue weighted by Crippen LogP contribution is -2.21. The number of methoxy groups -OCH3 is 1. The van der Waals surface area contributed by atoms with Crippen molar-refractivity contribution in [2.75, 3.05) is 7.11 Å². The summed E-state index contributed by atoms with van der Waals surface area (Å²) < 4.78 is 18.8. The fourth-order valence-corrected chi connectivity index (χ4v) is 5.30. The van der Waals surface area contributed by atoms with Gasteiger partial charge in [0.05, 0.1) is 30.5 Å². The Kier molecular flexibility index (Phi) is 6.23. The molecule has 3 aromatic heterocycles. The number of aromatic nitrogens is 6. The summed E-state index contributed by atoms with van der Waals surface area (Å²) in [6.07, 6.45) is 5.00. The zero-order chi connectivity index (χ0) is 24.5. The molecule has 3 aromatic rings. The molecule has 2 fully saturated rings. The maximum atomic E-state index is 11.5. The number of ether oxygens (including phenoxy) is 3. The molecule has 2 aliphatic rings. The highest BCUT2D eigenvalue weighted by Gasteiger charge is 2.47. The van der Waals surface area contributed by atoms with Crippen LogP contribution in [0.15, 0.2) is 24.4 Å². The predicted molar refractivity (Wildman–Crippen MR) is 123 cm³/mol. The highest BCUT2D eigenvalue weighted by atomic mass is 16.5. The Morgan fingerprint density at radius 3 is 2.83 bits per heavy atom. The van der Waals surface area contributed by atoms with E-state index in [-0.39, 0.29) is 30.6 Å². The van der Waals surface area contributed by atoms with E-state index in [1.807, 2.05) is 19.1 Å². The molecule has 11 heteroatoms. The van der Waals surface area contributed by atoms with E-state index in [0.717, 1.165) is 37.1 Å². The predicted octanol–water partition coefficient (Wildman–Crippen LogP) is 2.83. The smallest absolute Gasteiger partial charge is 0.320 e. The maximum absolute atomic E-state index is 11.5. The van der Waals surface area contributed by atoms with Gasteiger partial charge in [0.15, 0.2) is 0 Å². The van der Waals surface area contributed by atoms with Gasteiger partial charge in [-0.2, -0.15) is 4.98 Å². The lowest BCUT2D eigenvalue weighted by atomic mass is 9.92. The average Bonchev–Trinajstić information content (AvgIpc) is 3.53. The molecule has 184 valence electrons. The summed E-state index contributed by atoms with van der Waals surface area (Å²) in [6, 6.07) is 5.58. The fraction of sp³-hybridized carbons (Fsp3) is 0.500. The number of carbonyl (C=O) groups is 1. The zero-order valence-electron chi connectivity index (χ0n) is 19.9. The lowest BCUT2D eigenvalue weighted by molar-refractivity contribution is -0.143. The Morgan fingerprint density at radius 2 is 2.06 bits per heavy atom. The van der Waals surface area contributed by atoms with Gasteiger partial charge in [0.2, 0.25) is 5.88 Å². The van der Waals surface area contributed by atoms with Crippen LogP contribution in [0.3, 0.4) is 0 Å². The molecule has 2 saturated carbocycles. The minimum Gasteiger partial charge on any atom is -0.489 e. The van der Waals surface area contributed by atoms with Crippen molar-refractivity contribution in [3.63, 3.8) is 0 Å². The Hall–Kier alpha value is -3.76. The zero-order valence-corrected chi connectivity index (χ0v) is 19.9. The maximum Gasteiger partial charge on any atom is 0.320 e. The van der Waals surface area contributed by atoms with Gasteiger partial charge < -0.3 is 19.3 Å². The molecule has 2 aliphatic carbocycles. The van der Waals surface area contributed by atoms with E-state index < -0.39 is 5.97 Å². The first-order chi connectivity index (χ1) is 16.9. The molecule has 0 aromatic carbocycles. The SMILES string of the molecule is COc1ccnc(OCc2c(-c3ccc(OC4CC5CCC(C(=O)O)C5C4)c(C)n3)nnn2C)n1. The summed E-state index contributed by atoms with van der Waals surface area (Å²) in [7, 11) is 3.31. The van der Waals surface area contributed by atoms with E-state index >= 15 is 0 Å². The Balaban J connectivity index is 1.28. The number of carboxylic acid groups (broad SMARTS) is 1. The van der Waals surface area contributed by atoms with Crippen LogP contribution in [0.25, 0.3) is 11.4 Å². The summed E-state index contributed by atoms with van der Waals surface area (Å²) in [5, 5.41) is 17.9. The molecule has 0 amide bonds. The second kappa shape index (κ2) is 9.47. The average molecular weight is 481 g/mol. The molecule has 4 atom stereocenters. The molecule has 0 spiro atoms. The van der Waals surface area contributed by atoms with Gasteiger partial charge in [0, 0.05) is 19.3 Å². The first kappa shape index (κ1) is 23.0. The van der Waals surface area contributed by atoms with Crippen molar-refractivity contribution >= 4 is 5.97 Å². The van der Waals surface area contributed by atoms with Gasteiger partial charge in [-0.3, -0.25) is 4.79 Å². The van der Waals surface area contributed by atoms with E-state index in [1.165, 1.54) is 7.11 Å². The minimum atomic E-state index is -0.679.